The second kappa shape index (κ2) is 6.56. The molecule has 0 saturated carbocycles. The lowest BCUT2D eigenvalue weighted by Crippen LogP contribution is -2.23. The van der Waals surface area contributed by atoms with Crippen LogP contribution in [0.4, 0.5) is 0 Å². The molecule has 104 valence electrons. The highest BCUT2D eigenvalue weighted by Crippen LogP contribution is 2.11. The van der Waals surface area contributed by atoms with Crippen LogP contribution in [0.5, 0.6) is 11.6 Å². The molecule has 1 amide bonds. The molecule has 0 aliphatic heterocycles. The number of pyridine rings is 1. The Kier molecular flexibility index (Phi) is 4.55. The van der Waals surface area contributed by atoms with Crippen molar-refractivity contribution in [3.8, 4) is 11.6 Å². The van der Waals surface area contributed by atoms with Gasteiger partial charge in [0.1, 0.15) is 11.4 Å². The predicted octanol–water partition coefficient (Wildman–Crippen LogP) is 2.03. The van der Waals surface area contributed by atoms with Crippen LogP contribution in [0.25, 0.3) is 0 Å². The minimum Gasteiger partial charge on any atom is -0.497 e. The molecule has 0 aliphatic carbocycles. The normalized spacial score (nSPS) is 9.90. The molecule has 0 radical (unpaired) electrons. The molecule has 0 unspecified atom stereocenters. The summed E-state index contributed by atoms with van der Waals surface area (Å²) < 4.78 is 10.1. The summed E-state index contributed by atoms with van der Waals surface area (Å²) in [7, 11) is 3.13. The van der Waals surface area contributed by atoms with E-state index in [0.717, 1.165) is 11.3 Å². The number of hydrogen-bond donors (Lipinski definition) is 1. The Hall–Kier alpha value is -2.56. The van der Waals surface area contributed by atoms with Crippen LogP contribution in [0.3, 0.4) is 0 Å². The van der Waals surface area contributed by atoms with Gasteiger partial charge >= 0.3 is 0 Å². The standard InChI is InChI=1S/C15H16N2O3/c1-19-12-8-6-11(7-9-12)10-16-15(18)13-4-3-5-14(17-13)20-2/h3-9H,10H2,1-2H3,(H,16,18). The summed E-state index contributed by atoms with van der Waals surface area (Å²) in [6.45, 7) is 0.432. The lowest BCUT2D eigenvalue weighted by atomic mass is 10.2. The molecule has 0 bridgehead atoms. The van der Waals surface area contributed by atoms with E-state index in [1.165, 1.54) is 7.11 Å². The van der Waals surface area contributed by atoms with Crippen LogP contribution in [0.2, 0.25) is 0 Å². The molecular weight excluding hydrogens is 256 g/mol. The zero-order chi connectivity index (χ0) is 14.4. The smallest absolute Gasteiger partial charge is 0.270 e. The minimum atomic E-state index is -0.236. The van der Waals surface area contributed by atoms with E-state index in [-0.39, 0.29) is 5.91 Å². The fourth-order valence-corrected chi connectivity index (χ4v) is 1.67. The number of nitrogens with one attached hydrogen (secondary N) is 1. The van der Waals surface area contributed by atoms with Crippen molar-refractivity contribution < 1.29 is 14.3 Å². The topological polar surface area (TPSA) is 60.5 Å². The van der Waals surface area contributed by atoms with E-state index < -0.39 is 0 Å². The van der Waals surface area contributed by atoms with E-state index in [1.807, 2.05) is 24.3 Å². The number of rotatable bonds is 5. The first-order valence-electron chi connectivity index (χ1n) is 6.15. The summed E-state index contributed by atoms with van der Waals surface area (Å²) >= 11 is 0. The molecule has 1 aromatic heterocycles. The molecule has 20 heavy (non-hydrogen) atoms. The predicted molar refractivity (Wildman–Crippen MR) is 75.0 cm³/mol. The van der Waals surface area contributed by atoms with Crippen molar-refractivity contribution in [2.45, 2.75) is 6.54 Å². The fraction of sp³-hybridized carbons (Fsp3) is 0.200. The van der Waals surface area contributed by atoms with Crippen molar-refractivity contribution in [2.24, 2.45) is 0 Å². The monoisotopic (exact) mass is 272 g/mol. The zero-order valence-corrected chi connectivity index (χ0v) is 11.4. The van der Waals surface area contributed by atoms with Gasteiger partial charge in [-0.1, -0.05) is 18.2 Å². The van der Waals surface area contributed by atoms with Crippen molar-refractivity contribution >= 4 is 5.91 Å². The summed E-state index contributed by atoms with van der Waals surface area (Å²) in [5, 5.41) is 2.81. The molecule has 5 heteroatoms. The fourth-order valence-electron chi connectivity index (χ4n) is 1.67. The van der Waals surface area contributed by atoms with Gasteiger partial charge < -0.3 is 14.8 Å². The van der Waals surface area contributed by atoms with Gasteiger partial charge in [0.05, 0.1) is 14.2 Å². The van der Waals surface area contributed by atoms with Crippen molar-refractivity contribution in [1.82, 2.24) is 10.3 Å². The maximum Gasteiger partial charge on any atom is 0.270 e. The van der Waals surface area contributed by atoms with Crippen LogP contribution in [0.15, 0.2) is 42.5 Å². The number of carbonyl (C=O) groups is 1. The van der Waals surface area contributed by atoms with E-state index in [9.17, 15) is 4.79 Å². The molecule has 0 saturated heterocycles. The molecule has 0 aliphatic rings. The molecule has 1 N–H and O–H groups in total. The lowest BCUT2D eigenvalue weighted by Gasteiger charge is -2.06. The quantitative estimate of drug-likeness (QED) is 0.904. The van der Waals surface area contributed by atoms with E-state index in [1.54, 1.807) is 25.3 Å². The Morgan fingerprint density at radius 1 is 1.10 bits per heavy atom. The summed E-state index contributed by atoms with van der Waals surface area (Å²) in [5.41, 5.74) is 1.32. The second-order valence-electron chi connectivity index (χ2n) is 4.10. The van der Waals surface area contributed by atoms with Gasteiger partial charge in [0.2, 0.25) is 5.88 Å². The summed E-state index contributed by atoms with van der Waals surface area (Å²) in [5.74, 6) is 0.969. The van der Waals surface area contributed by atoms with Gasteiger partial charge in [0.15, 0.2) is 0 Å². The van der Waals surface area contributed by atoms with Crippen molar-refractivity contribution in [3.05, 3.63) is 53.7 Å². The first kappa shape index (κ1) is 13.9. The van der Waals surface area contributed by atoms with E-state index >= 15 is 0 Å². The Morgan fingerprint density at radius 3 is 2.50 bits per heavy atom. The molecule has 1 heterocycles. The largest absolute Gasteiger partial charge is 0.497 e. The molecule has 2 aromatic rings. The molecule has 1 aromatic carbocycles. The highest BCUT2D eigenvalue weighted by Gasteiger charge is 2.07. The number of nitrogens with zero attached hydrogens (tertiary/aromatic N) is 1. The number of hydrogen-bond acceptors (Lipinski definition) is 4. The third-order valence-corrected chi connectivity index (χ3v) is 2.78. The van der Waals surface area contributed by atoms with E-state index in [4.69, 9.17) is 9.47 Å². The van der Waals surface area contributed by atoms with Crippen LogP contribution >= 0.6 is 0 Å². The number of ether oxygens (including phenoxy) is 2. The highest BCUT2D eigenvalue weighted by atomic mass is 16.5. The third kappa shape index (κ3) is 3.47. The first-order chi connectivity index (χ1) is 9.72. The second-order valence-corrected chi connectivity index (χ2v) is 4.10. The number of benzene rings is 1. The Balaban J connectivity index is 1.97. The van der Waals surface area contributed by atoms with Crippen molar-refractivity contribution in [2.75, 3.05) is 14.2 Å². The highest BCUT2D eigenvalue weighted by molar-refractivity contribution is 5.92. The maximum absolute atomic E-state index is 12.0. The van der Waals surface area contributed by atoms with Crippen LogP contribution < -0.4 is 14.8 Å². The average molecular weight is 272 g/mol. The molecule has 0 fully saturated rings. The molecule has 2 rings (SSSR count). The zero-order valence-electron chi connectivity index (χ0n) is 11.4. The summed E-state index contributed by atoms with van der Waals surface area (Å²) in [6.07, 6.45) is 0. The van der Waals surface area contributed by atoms with Gasteiger partial charge in [-0.2, -0.15) is 0 Å². The van der Waals surface area contributed by atoms with Crippen LogP contribution in [0.1, 0.15) is 16.1 Å². The summed E-state index contributed by atoms with van der Waals surface area (Å²) in [4.78, 5) is 16.0. The minimum absolute atomic E-state index is 0.236. The van der Waals surface area contributed by atoms with Crippen LogP contribution in [-0.4, -0.2) is 25.1 Å². The lowest BCUT2D eigenvalue weighted by molar-refractivity contribution is 0.0945. The number of carbonyl (C=O) groups excluding carboxylic acids is 1. The van der Waals surface area contributed by atoms with Crippen molar-refractivity contribution in [3.63, 3.8) is 0 Å². The van der Waals surface area contributed by atoms with Crippen molar-refractivity contribution in [1.29, 1.82) is 0 Å². The van der Waals surface area contributed by atoms with Gasteiger partial charge in [0, 0.05) is 12.6 Å². The molecule has 5 nitrogen and oxygen atoms in total. The first-order valence-corrected chi connectivity index (χ1v) is 6.15. The SMILES string of the molecule is COc1ccc(CNC(=O)c2cccc(OC)n2)cc1. The summed E-state index contributed by atoms with van der Waals surface area (Å²) in [6, 6.07) is 12.6. The Labute approximate surface area is 117 Å². The average Bonchev–Trinajstić information content (AvgIpc) is 2.53. The van der Waals surface area contributed by atoms with Crippen LogP contribution in [0, 0.1) is 0 Å². The van der Waals surface area contributed by atoms with Crippen LogP contribution in [-0.2, 0) is 6.54 Å². The Bertz CT molecular complexity index is 582. The van der Waals surface area contributed by atoms with Gasteiger partial charge in [0.25, 0.3) is 5.91 Å². The van der Waals surface area contributed by atoms with Gasteiger partial charge in [-0.05, 0) is 23.8 Å². The number of amides is 1. The van der Waals surface area contributed by atoms with E-state index in [2.05, 4.69) is 10.3 Å². The van der Waals surface area contributed by atoms with Gasteiger partial charge in [-0.25, -0.2) is 4.98 Å². The molecule has 0 atom stereocenters. The molecule has 0 spiro atoms. The maximum atomic E-state index is 12.0. The van der Waals surface area contributed by atoms with Gasteiger partial charge in [-0.15, -0.1) is 0 Å². The molecular formula is C15H16N2O3. The van der Waals surface area contributed by atoms with E-state index in [0.29, 0.717) is 18.1 Å². The number of methoxy groups -OCH3 is 2. The number of aromatic nitrogens is 1. The van der Waals surface area contributed by atoms with Gasteiger partial charge in [-0.3, -0.25) is 4.79 Å². The third-order valence-electron chi connectivity index (χ3n) is 2.78. The Morgan fingerprint density at radius 2 is 1.85 bits per heavy atom.